The fourth-order valence-electron chi connectivity index (χ4n) is 3.65. The SMILES string of the molecule is CCC[C@H]1CO[C@H](CC[C@H]2CO[C@H](CCc3cc(F)c(F)c(F)c3)OC2)OC1. The quantitative estimate of drug-likeness (QED) is 0.596. The third kappa shape index (κ3) is 6.17. The molecule has 0 spiro atoms. The largest absolute Gasteiger partial charge is 0.352 e. The van der Waals surface area contributed by atoms with Gasteiger partial charge >= 0.3 is 0 Å². The van der Waals surface area contributed by atoms with Crippen molar-refractivity contribution in [3.05, 3.63) is 35.1 Å². The summed E-state index contributed by atoms with van der Waals surface area (Å²) in [4.78, 5) is 0. The number of benzene rings is 1. The molecule has 0 aromatic heterocycles. The Morgan fingerprint density at radius 2 is 1.25 bits per heavy atom. The third-order valence-corrected chi connectivity index (χ3v) is 5.29. The number of rotatable bonds is 8. The fraction of sp³-hybridized carbons (Fsp3) is 0.714. The summed E-state index contributed by atoms with van der Waals surface area (Å²) >= 11 is 0. The van der Waals surface area contributed by atoms with E-state index in [9.17, 15) is 13.2 Å². The van der Waals surface area contributed by atoms with Gasteiger partial charge in [-0.1, -0.05) is 13.3 Å². The molecule has 158 valence electrons. The maximum Gasteiger partial charge on any atom is 0.194 e. The van der Waals surface area contributed by atoms with Crippen LogP contribution in [0.15, 0.2) is 12.1 Å². The molecule has 28 heavy (non-hydrogen) atoms. The van der Waals surface area contributed by atoms with Crippen LogP contribution in [0.3, 0.4) is 0 Å². The van der Waals surface area contributed by atoms with Crippen molar-refractivity contribution >= 4 is 0 Å². The van der Waals surface area contributed by atoms with Gasteiger partial charge in [-0.15, -0.1) is 0 Å². The number of halogens is 3. The maximum absolute atomic E-state index is 13.3. The zero-order valence-electron chi connectivity index (χ0n) is 16.3. The lowest BCUT2D eigenvalue weighted by Crippen LogP contribution is -2.35. The van der Waals surface area contributed by atoms with Crippen LogP contribution < -0.4 is 0 Å². The number of hydrogen-bond donors (Lipinski definition) is 0. The van der Waals surface area contributed by atoms with E-state index in [-0.39, 0.29) is 12.2 Å². The Bertz CT molecular complexity index is 589. The molecule has 3 rings (SSSR count). The van der Waals surface area contributed by atoms with Crippen molar-refractivity contribution in [2.24, 2.45) is 11.8 Å². The van der Waals surface area contributed by atoms with Crippen LogP contribution in [0.5, 0.6) is 0 Å². The van der Waals surface area contributed by atoms with E-state index in [0.29, 0.717) is 37.5 Å². The second kappa shape index (κ2) is 10.6. The molecule has 2 aliphatic heterocycles. The Balaban J connectivity index is 1.32. The van der Waals surface area contributed by atoms with Gasteiger partial charge in [0.15, 0.2) is 30.0 Å². The first-order valence-electron chi connectivity index (χ1n) is 10.1. The number of ether oxygens (including phenoxy) is 4. The summed E-state index contributed by atoms with van der Waals surface area (Å²) in [6, 6.07) is 2.03. The summed E-state index contributed by atoms with van der Waals surface area (Å²) in [6.45, 7) is 4.84. The van der Waals surface area contributed by atoms with Gasteiger partial charge in [0.2, 0.25) is 0 Å². The Kier molecular flexibility index (Phi) is 8.14. The van der Waals surface area contributed by atoms with Gasteiger partial charge in [0.05, 0.1) is 26.4 Å². The average molecular weight is 402 g/mol. The Labute approximate surface area is 164 Å². The molecule has 4 nitrogen and oxygen atoms in total. The molecule has 7 heteroatoms. The van der Waals surface area contributed by atoms with Crippen LogP contribution in [0, 0.1) is 29.3 Å². The van der Waals surface area contributed by atoms with Gasteiger partial charge < -0.3 is 18.9 Å². The smallest absolute Gasteiger partial charge is 0.194 e. The van der Waals surface area contributed by atoms with Gasteiger partial charge in [0.1, 0.15) is 0 Å². The van der Waals surface area contributed by atoms with Crippen molar-refractivity contribution in [3.63, 3.8) is 0 Å². The minimum Gasteiger partial charge on any atom is -0.352 e. The molecule has 2 fully saturated rings. The van der Waals surface area contributed by atoms with Crippen LogP contribution in [0.4, 0.5) is 13.2 Å². The average Bonchev–Trinajstić information content (AvgIpc) is 2.71. The number of aryl methyl sites for hydroxylation is 1. The van der Waals surface area contributed by atoms with Gasteiger partial charge in [-0.2, -0.15) is 0 Å². The van der Waals surface area contributed by atoms with E-state index < -0.39 is 23.7 Å². The second-order valence-corrected chi connectivity index (χ2v) is 7.70. The molecule has 2 aliphatic rings. The first-order valence-corrected chi connectivity index (χ1v) is 10.1. The third-order valence-electron chi connectivity index (χ3n) is 5.29. The van der Waals surface area contributed by atoms with E-state index in [1.165, 1.54) is 0 Å². The summed E-state index contributed by atoms with van der Waals surface area (Å²) in [5.41, 5.74) is 0.388. The van der Waals surface area contributed by atoms with Crippen LogP contribution >= 0.6 is 0 Å². The molecule has 0 radical (unpaired) electrons. The zero-order valence-corrected chi connectivity index (χ0v) is 16.3. The Morgan fingerprint density at radius 3 is 1.79 bits per heavy atom. The highest BCUT2D eigenvalue weighted by molar-refractivity contribution is 5.19. The maximum atomic E-state index is 13.3. The normalized spacial score (nSPS) is 28.4. The van der Waals surface area contributed by atoms with E-state index in [4.69, 9.17) is 18.9 Å². The topological polar surface area (TPSA) is 36.9 Å². The molecule has 0 unspecified atom stereocenters. The van der Waals surface area contributed by atoms with Crippen LogP contribution in [-0.2, 0) is 25.4 Å². The van der Waals surface area contributed by atoms with Crippen LogP contribution in [-0.4, -0.2) is 39.0 Å². The van der Waals surface area contributed by atoms with Gasteiger partial charge in [-0.25, -0.2) is 13.2 Å². The summed E-state index contributed by atoms with van der Waals surface area (Å²) < 4.78 is 62.5. The Hall–Kier alpha value is -1.15. The molecule has 0 saturated carbocycles. The number of hydrogen-bond acceptors (Lipinski definition) is 4. The molecule has 1 aromatic carbocycles. The zero-order chi connectivity index (χ0) is 19.9. The molecule has 0 bridgehead atoms. The van der Waals surface area contributed by atoms with E-state index in [1.54, 1.807) is 0 Å². The molecular formula is C21H29F3O4. The van der Waals surface area contributed by atoms with Crippen molar-refractivity contribution in [2.45, 2.75) is 58.0 Å². The molecular weight excluding hydrogens is 373 g/mol. The lowest BCUT2D eigenvalue weighted by molar-refractivity contribution is -0.219. The second-order valence-electron chi connectivity index (χ2n) is 7.70. The molecule has 1 aromatic rings. The highest BCUT2D eigenvalue weighted by atomic mass is 19.2. The summed E-state index contributed by atoms with van der Waals surface area (Å²) in [5.74, 6) is -3.00. The van der Waals surface area contributed by atoms with Crippen molar-refractivity contribution in [1.82, 2.24) is 0 Å². The monoisotopic (exact) mass is 402 g/mol. The first-order chi connectivity index (χ1) is 13.5. The van der Waals surface area contributed by atoms with Crippen molar-refractivity contribution in [2.75, 3.05) is 26.4 Å². The summed E-state index contributed by atoms with van der Waals surface area (Å²) in [7, 11) is 0. The molecule has 0 atom stereocenters. The summed E-state index contributed by atoms with van der Waals surface area (Å²) in [6.07, 6.45) is 4.25. The summed E-state index contributed by atoms with van der Waals surface area (Å²) in [5, 5.41) is 0. The fourth-order valence-corrected chi connectivity index (χ4v) is 3.65. The van der Waals surface area contributed by atoms with Crippen molar-refractivity contribution in [1.29, 1.82) is 0 Å². The van der Waals surface area contributed by atoms with Gasteiger partial charge in [-0.05, 0) is 43.4 Å². The molecule has 0 N–H and O–H groups in total. The molecule has 0 amide bonds. The van der Waals surface area contributed by atoms with E-state index in [2.05, 4.69) is 6.92 Å². The highest BCUT2D eigenvalue weighted by Gasteiger charge is 2.26. The lowest BCUT2D eigenvalue weighted by Gasteiger charge is -2.32. The van der Waals surface area contributed by atoms with E-state index in [0.717, 1.165) is 51.0 Å². The van der Waals surface area contributed by atoms with Gasteiger partial charge in [0, 0.05) is 18.3 Å². The Morgan fingerprint density at radius 1 is 0.750 bits per heavy atom. The molecule has 2 saturated heterocycles. The van der Waals surface area contributed by atoms with E-state index in [1.807, 2.05) is 0 Å². The van der Waals surface area contributed by atoms with Gasteiger partial charge in [0.25, 0.3) is 0 Å². The van der Waals surface area contributed by atoms with Crippen LogP contribution in [0.25, 0.3) is 0 Å². The minimum atomic E-state index is -1.44. The highest BCUT2D eigenvalue weighted by Crippen LogP contribution is 2.24. The van der Waals surface area contributed by atoms with Crippen LogP contribution in [0.2, 0.25) is 0 Å². The molecule has 0 aliphatic carbocycles. The lowest BCUT2D eigenvalue weighted by atomic mass is 10.0. The van der Waals surface area contributed by atoms with Crippen molar-refractivity contribution in [3.8, 4) is 0 Å². The predicted molar refractivity (Wildman–Crippen MR) is 97.1 cm³/mol. The van der Waals surface area contributed by atoms with E-state index >= 15 is 0 Å². The molecule has 2 heterocycles. The standard InChI is InChI=1S/C21H29F3O4/c1-2-3-15-10-25-20(26-11-15)7-5-16-12-27-19(28-13-16)6-4-14-8-17(22)21(24)18(23)9-14/h8-9,15-16,19-20H,2-7,10-13H2,1H3/t15-,16-,19-,20-. The van der Waals surface area contributed by atoms with Crippen LogP contribution in [0.1, 0.15) is 44.6 Å². The van der Waals surface area contributed by atoms with Crippen molar-refractivity contribution < 1.29 is 32.1 Å². The van der Waals surface area contributed by atoms with Gasteiger partial charge in [-0.3, -0.25) is 0 Å². The predicted octanol–water partition coefficient (Wildman–Crippen LogP) is 4.60. The minimum absolute atomic E-state index is 0.144. The first kappa shape index (κ1) is 21.6.